The van der Waals surface area contributed by atoms with Crippen LogP contribution in [0.25, 0.3) is 10.8 Å². The van der Waals surface area contributed by atoms with Gasteiger partial charge in [0.25, 0.3) is 0 Å². The molecule has 0 saturated carbocycles. The molecule has 0 saturated heterocycles. The Kier molecular flexibility index (Phi) is 3.89. The van der Waals surface area contributed by atoms with Crippen molar-refractivity contribution in [2.75, 3.05) is 0 Å². The summed E-state index contributed by atoms with van der Waals surface area (Å²) in [6, 6.07) is 18.2. The lowest BCUT2D eigenvalue weighted by molar-refractivity contribution is 0.481. The van der Waals surface area contributed by atoms with Gasteiger partial charge in [0.1, 0.15) is 5.75 Å². The maximum absolute atomic E-state index is 9.96. The zero-order chi connectivity index (χ0) is 14.8. The van der Waals surface area contributed by atoms with Crippen molar-refractivity contribution in [3.05, 3.63) is 71.3 Å². The smallest absolute Gasteiger partial charge is 0.123 e. The summed E-state index contributed by atoms with van der Waals surface area (Å²) in [6.45, 7) is 4.33. The van der Waals surface area contributed by atoms with E-state index in [4.69, 9.17) is 0 Å². The minimum Gasteiger partial charge on any atom is -0.507 e. The van der Waals surface area contributed by atoms with Gasteiger partial charge in [-0.15, -0.1) is 11.8 Å². The van der Waals surface area contributed by atoms with Crippen LogP contribution in [-0.4, -0.2) is 5.11 Å². The van der Waals surface area contributed by atoms with E-state index in [1.54, 1.807) is 6.07 Å². The first kappa shape index (κ1) is 14.0. The molecule has 1 N–H and O–H groups in total. The van der Waals surface area contributed by atoms with Crippen LogP contribution in [0.15, 0.2) is 59.5 Å². The molecule has 21 heavy (non-hydrogen) atoms. The van der Waals surface area contributed by atoms with Crippen LogP contribution in [0, 0.1) is 13.8 Å². The Morgan fingerprint density at radius 2 is 1.48 bits per heavy atom. The van der Waals surface area contributed by atoms with Gasteiger partial charge in [-0.3, -0.25) is 0 Å². The number of phenols is 1. The molecule has 106 valence electrons. The van der Waals surface area contributed by atoms with Gasteiger partial charge in [0.05, 0.1) is 0 Å². The second-order valence-corrected chi connectivity index (χ2v) is 6.30. The number of thioether (sulfide) groups is 1. The summed E-state index contributed by atoms with van der Waals surface area (Å²) >= 11 is 1.83. The van der Waals surface area contributed by atoms with Crippen molar-refractivity contribution in [3.63, 3.8) is 0 Å². The van der Waals surface area contributed by atoms with E-state index < -0.39 is 0 Å². The fraction of sp³-hybridized carbons (Fsp3) is 0.158. The van der Waals surface area contributed by atoms with E-state index in [1.807, 2.05) is 36.0 Å². The fourth-order valence-corrected chi connectivity index (χ4v) is 3.86. The van der Waals surface area contributed by atoms with Crippen molar-refractivity contribution in [3.8, 4) is 5.75 Å². The molecular weight excluding hydrogens is 276 g/mol. The summed E-state index contributed by atoms with van der Waals surface area (Å²) in [5.74, 6) is 1.30. The lowest BCUT2D eigenvalue weighted by atomic mass is 10.1. The molecule has 3 aromatic rings. The SMILES string of the molecule is Cc1cccc(C)c1CSc1ccc(O)c2ccccc12. The Labute approximate surface area is 129 Å². The van der Waals surface area contributed by atoms with Crippen LogP contribution < -0.4 is 0 Å². The second kappa shape index (κ2) is 5.82. The number of aromatic hydroxyl groups is 1. The molecule has 1 nitrogen and oxygen atoms in total. The molecular formula is C19H18OS. The summed E-state index contributed by atoms with van der Waals surface area (Å²) in [5, 5.41) is 12.0. The Morgan fingerprint density at radius 3 is 2.19 bits per heavy atom. The van der Waals surface area contributed by atoms with Crippen LogP contribution in [-0.2, 0) is 5.75 Å². The van der Waals surface area contributed by atoms with Crippen LogP contribution in [0.5, 0.6) is 5.75 Å². The highest BCUT2D eigenvalue weighted by molar-refractivity contribution is 7.98. The van der Waals surface area contributed by atoms with Gasteiger partial charge in [0, 0.05) is 16.0 Å². The van der Waals surface area contributed by atoms with Crippen LogP contribution in [0.3, 0.4) is 0 Å². The third kappa shape index (κ3) is 2.77. The largest absolute Gasteiger partial charge is 0.507 e. The molecule has 0 heterocycles. The molecule has 2 heteroatoms. The van der Waals surface area contributed by atoms with Gasteiger partial charge in [-0.05, 0) is 48.1 Å². The molecule has 0 spiro atoms. The number of hydrogen-bond donors (Lipinski definition) is 1. The molecule has 3 aromatic carbocycles. The van der Waals surface area contributed by atoms with Crippen LogP contribution in [0.4, 0.5) is 0 Å². The molecule has 0 aliphatic heterocycles. The molecule has 0 aliphatic rings. The Bertz CT molecular complexity index is 772. The number of hydrogen-bond acceptors (Lipinski definition) is 2. The van der Waals surface area contributed by atoms with E-state index in [9.17, 15) is 5.11 Å². The number of aryl methyl sites for hydroxylation is 2. The van der Waals surface area contributed by atoms with E-state index in [2.05, 4.69) is 38.1 Å². The first-order valence-corrected chi connectivity index (χ1v) is 8.04. The molecule has 0 unspecified atom stereocenters. The van der Waals surface area contributed by atoms with Crippen molar-refractivity contribution in [2.24, 2.45) is 0 Å². The molecule has 0 aliphatic carbocycles. The molecule has 0 radical (unpaired) electrons. The minimum atomic E-state index is 0.349. The number of rotatable bonds is 3. The summed E-state index contributed by atoms with van der Waals surface area (Å²) in [7, 11) is 0. The van der Waals surface area contributed by atoms with Gasteiger partial charge in [-0.2, -0.15) is 0 Å². The van der Waals surface area contributed by atoms with Gasteiger partial charge in [0.15, 0.2) is 0 Å². The van der Waals surface area contributed by atoms with Gasteiger partial charge < -0.3 is 5.11 Å². The molecule has 0 amide bonds. The summed E-state index contributed by atoms with van der Waals surface area (Å²) in [4.78, 5) is 1.21. The molecule has 0 bridgehead atoms. The first-order valence-electron chi connectivity index (χ1n) is 7.05. The highest BCUT2D eigenvalue weighted by atomic mass is 32.2. The molecule has 0 atom stereocenters. The topological polar surface area (TPSA) is 20.2 Å². The van der Waals surface area contributed by atoms with Crippen molar-refractivity contribution in [2.45, 2.75) is 24.5 Å². The monoisotopic (exact) mass is 294 g/mol. The zero-order valence-corrected chi connectivity index (χ0v) is 13.1. The van der Waals surface area contributed by atoms with Crippen molar-refractivity contribution in [1.29, 1.82) is 0 Å². The van der Waals surface area contributed by atoms with E-state index in [0.717, 1.165) is 16.5 Å². The lowest BCUT2D eigenvalue weighted by Gasteiger charge is -2.11. The summed E-state index contributed by atoms with van der Waals surface area (Å²) < 4.78 is 0. The van der Waals surface area contributed by atoms with Crippen LogP contribution in [0.2, 0.25) is 0 Å². The van der Waals surface area contributed by atoms with Gasteiger partial charge in [-0.25, -0.2) is 0 Å². The van der Waals surface area contributed by atoms with E-state index >= 15 is 0 Å². The number of phenolic OH excluding ortho intramolecular Hbond substituents is 1. The summed E-state index contributed by atoms with van der Waals surface area (Å²) in [6.07, 6.45) is 0. The quantitative estimate of drug-likeness (QED) is 0.648. The van der Waals surface area contributed by atoms with E-state index in [1.165, 1.54) is 21.6 Å². The lowest BCUT2D eigenvalue weighted by Crippen LogP contribution is -1.91. The Hall–Kier alpha value is -1.93. The third-order valence-corrected chi connectivity index (χ3v) is 4.98. The fourth-order valence-electron chi connectivity index (χ4n) is 2.61. The average molecular weight is 294 g/mol. The maximum atomic E-state index is 9.96. The second-order valence-electron chi connectivity index (χ2n) is 5.29. The number of fused-ring (bicyclic) bond motifs is 1. The maximum Gasteiger partial charge on any atom is 0.123 e. The van der Waals surface area contributed by atoms with E-state index in [-0.39, 0.29) is 0 Å². The predicted octanol–water partition coefficient (Wildman–Crippen LogP) is 5.45. The molecule has 3 rings (SSSR count). The highest BCUT2D eigenvalue weighted by Gasteiger charge is 2.07. The number of benzene rings is 3. The van der Waals surface area contributed by atoms with Crippen LogP contribution in [0.1, 0.15) is 16.7 Å². The summed E-state index contributed by atoms with van der Waals surface area (Å²) in [5.41, 5.74) is 4.08. The third-order valence-electron chi connectivity index (χ3n) is 3.88. The molecule has 0 aromatic heterocycles. The standard InChI is InChI=1S/C19H18OS/c1-13-6-5-7-14(2)17(13)12-21-19-11-10-18(20)15-8-3-4-9-16(15)19/h3-11,20H,12H2,1-2H3. The van der Waals surface area contributed by atoms with Crippen molar-refractivity contribution in [1.82, 2.24) is 0 Å². The first-order chi connectivity index (χ1) is 10.2. The highest BCUT2D eigenvalue weighted by Crippen LogP contribution is 2.35. The van der Waals surface area contributed by atoms with E-state index in [0.29, 0.717) is 5.75 Å². The molecule has 0 fully saturated rings. The van der Waals surface area contributed by atoms with Gasteiger partial charge >= 0.3 is 0 Å². The zero-order valence-electron chi connectivity index (χ0n) is 12.3. The van der Waals surface area contributed by atoms with Gasteiger partial charge in [0.2, 0.25) is 0 Å². The Morgan fingerprint density at radius 1 is 0.810 bits per heavy atom. The van der Waals surface area contributed by atoms with Crippen molar-refractivity contribution >= 4 is 22.5 Å². The predicted molar refractivity (Wildman–Crippen MR) is 91.1 cm³/mol. The van der Waals surface area contributed by atoms with Crippen LogP contribution >= 0.6 is 11.8 Å². The van der Waals surface area contributed by atoms with Gasteiger partial charge in [-0.1, -0.05) is 42.5 Å². The minimum absolute atomic E-state index is 0.349. The average Bonchev–Trinajstić information content (AvgIpc) is 2.49. The van der Waals surface area contributed by atoms with Crippen molar-refractivity contribution < 1.29 is 5.11 Å². The Balaban J connectivity index is 1.94. The normalized spacial score (nSPS) is 11.0.